The lowest BCUT2D eigenvalue weighted by Gasteiger charge is -2.27. The molecule has 23 heavy (non-hydrogen) atoms. The highest BCUT2D eigenvalue weighted by Crippen LogP contribution is 2.42. The average Bonchev–Trinajstić information content (AvgIpc) is 2.53. The molecule has 0 amide bonds. The maximum Gasteiger partial charge on any atom is 0.214 e. The van der Waals surface area contributed by atoms with E-state index in [1.807, 2.05) is 55.5 Å². The van der Waals surface area contributed by atoms with Gasteiger partial charge in [0, 0.05) is 5.69 Å². The van der Waals surface area contributed by atoms with Gasteiger partial charge >= 0.3 is 0 Å². The fourth-order valence-electron chi connectivity index (χ4n) is 2.13. The van der Waals surface area contributed by atoms with Crippen LogP contribution in [0.1, 0.15) is 18.5 Å². The van der Waals surface area contributed by atoms with Crippen LogP contribution in [-0.2, 0) is 0 Å². The number of anilines is 1. The summed E-state index contributed by atoms with van der Waals surface area (Å²) >= 11 is 18.5. The van der Waals surface area contributed by atoms with Crippen LogP contribution in [0.5, 0.6) is 11.5 Å². The van der Waals surface area contributed by atoms with Crippen molar-refractivity contribution in [2.24, 2.45) is 0 Å². The molecule has 0 aliphatic heterocycles. The van der Waals surface area contributed by atoms with E-state index in [4.69, 9.17) is 44.3 Å². The van der Waals surface area contributed by atoms with E-state index < -0.39 is 9.83 Å². The average molecular weight is 375 g/mol. The van der Waals surface area contributed by atoms with Crippen LogP contribution in [0.4, 0.5) is 5.69 Å². The molecule has 0 saturated carbocycles. The Morgan fingerprint density at radius 1 is 0.957 bits per heavy atom. The number of methoxy groups -OCH3 is 1. The second-order valence-corrected chi connectivity index (χ2v) is 7.22. The lowest BCUT2D eigenvalue weighted by atomic mass is 10.1. The summed E-state index contributed by atoms with van der Waals surface area (Å²) in [4.78, 5) is 0. The van der Waals surface area contributed by atoms with Crippen LogP contribution in [0.3, 0.4) is 0 Å². The summed E-state index contributed by atoms with van der Waals surface area (Å²) in [5.41, 5.74) is 1.68. The summed E-state index contributed by atoms with van der Waals surface area (Å²) in [5, 5.41) is 3.25. The molecule has 0 fully saturated rings. The highest BCUT2D eigenvalue weighted by atomic mass is 35.6. The highest BCUT2D eigenvalue weighted by molar-refractivity contribution is 6.68. The summed E-state index contributed by atoms with van der Waals surface area (Å²) < 4.78 is 9.07. The van der Waals surface area contributed by atoms with Crippen LogP contribution in [0, 0.1) is 0 Å². The molecule has 2 aromatic rings. The van der Waals surface area contributed by atoms with Gasteiger partial charge in [0.2, 0.25) is 3.79 Å². The molecule has 2 rings (SSSR count). The molecule has 0 spiro atoms. The third-order valence-electron chi connectivity index (χ3n) is 3.25. The van der Waals surface area contributed by atoms with Crippen molar-refractivity contribution in [2.75, 3.05) is 19.0 Å². The first-order valence-corrected chi connectivity index (χ1v) is 8.27. The number of rotatable bonds is 6. The fraction of sp³-hybridized carbons (Fsp3) is 0.294. The molecule has 0 saturated heterocycles. The second-order valence-electron chi connectivity index (χ2n) is 4.85. The Kier molecular flexibility index (Phi) is 6.28. The van der Waals surface area contributed by atoms with E-state index in [-0.39, 0.29) is 0 Å². The van der Waals surface area contributed by atoms with Gasteiger partial charge in [-0.3, -0.25) is 0 Å². The SMILES string of the molecule is CCOc1ccc(NC(c2ccc(OC)cc2)C(Cl)(Cl)Cl)cc1. The van der Waals surface area contributed by atoms with Crippen LogP contribution in [-0.4, -0.2) is 17.5 Å². The van der Waals surface area contributed by atoms with Crippen LogP contribution in [0.15, 0.2) is 48.5 Å². The van der Waals surface area contributed by atoms with E-state index in [1.165, 1.54) is 0 Å². The topological polar surface area (TPSA) is 30.5 Å². The molecule has 124 valence electrons. The minimum Gasteiger partial charge on any atom is -0.497 e. The van der Waals surface area contributed by atoms with Gasteiger partial charge in [-0.25, -0.2) is 0 Å². The number of alkyl halides is 3. The van der Waals surface area contributed by atoms with Gasteiger partial charge in [-0.2, -0.15) is 0 Å². The summed E-state index contributed by atoms with van der Waals surface area (Å²) in [6.45, 7) is 2.56. The van der Waals surface area contributed by atoms with E-state index >= 15 is 0 Å². The molecule has 0 aliphatic rings. The lowest BCUT2D eigenvalue weighted by molar-refractivity contribution is 0.340. The van der Waals surface area contributed by atoms with Gasteiger partial charge in [0.05, 0.1) is 19.8 Å². The van der Waals surface area contributed by atoms with E-state index in [2.05, 4.69) is 5.32 Å². The van der Waals surface area contributed by atoms with Crippen molar-refractivity contribution in [1.82, 2.24) is 0 Å². The fourth-order valence-corrected chi connectivity index (χ4v) is 2.67. The zero-order valence-corrected chi connectivity index (χ0v) is 15.1. The third-order valence-corrected chi connectivity index (χ3v) is 3.91. The van der Waals surface area contributed by atoms with Gasteiger partial charge in [-0.05, 0) is 48.9 Å². The number of ether oxygens (including phenoxy) is 2. The van der Waals surface area contributed by atoms with E-state index in [1.54, 1.807) is 7.11 Å². The van der Waals surface area contributed by atoms with Crippen molar-refractivity contribution in [2.45, 2.75) is 16.8 Å². The van der Waals surface area contributed by atoms with Crippen molar-refractivity contribution in [3.8, 4) is 11.5 Å². The van der Waals surface area contributed by atoms with Gasteiger partial charge in [-0.15, -0.1) is 0 Å². The monoisotopic (exact) mass is 373 g/mol. The van der Waals surface area contributed by atoms with Crippen LogP contribution < -0.4 is 14.8 Å². The molecule has 0 radical (unpaired) electrons. The van der Waals surface area contributed by atoms with Gasteiger partial charge in [0.25, 0.3) is 0 Å². The maximum atomic E-state index is 6.15. The highest BCUT2D eigenvalue weighted by Gasteiger charge is 2.34. The first kappa shape index (κ1) is 18.1. The quantitative estimate of drug-likeness (QED) is 0.666. The molecule has 3 nitrogen and oxygen atoms in total. The Labute approximate surface area is 151 Å². The molecular formula is C17H18Cl3NO2. The number of hydrogen-bond acceptors (Lipinski definition) is 3. The Hall–Kier alpha value is -1.29. The maximum absolute atomic E-state index is 6.15. The van der Waals surface area contributed by atoms with Gasteiger partial charge in [-0.1, -0.05) is 46.9 Å². The molecule has 1 atom stereocenters. The number of hydrogen-bond donors (Lipinski definition) is 1. The zero-order chi connectivity index (χ0) is 16.9. The Balaban J connectivity index is 2.21. The molecule has 0 aliphatic carbocycles. The summed E-state index contributed by atoms with van der Waals surface area (Å²) in [6.07, 6.45) is 0. The van der Waals surface area contributed by atoms with Crippen molar-refractivity contribution < 1.29 is 9.47 Å². The largest absolute Gasteiger partial charge is 0.497 e. The summed E-state index contributed by atoms with van der Waals surface area (Å²) in [6, 6.07) is 14.4. The number of benzene rings is 2. The number of halogens is 3. The van der Waals surface area contributed by atoms with E-state index in [0.29, 0.717) is 6.61 Å². The van der Waals surface area contributed by atoms with Gasteiger partial charge < -0.3 is 14.8 Å². The van der Waals surface area contributed by atoms with Crippen molar-refractivity contribution in [3.63, 3.8) is 0 Å². The van der Waals surface area contributed by atoms with Gasteiger partial charge in [0.15, 0.2) is 0 Å². The standard InChI is InChI=1S/C17H18Cl3NO2/c1-3-23-15-10-6-13(7-11-15)21-16(17(18,19)20)12-4-8-14(22-2)9-5-12/h4-11,16,21H,3H2,1-2H3. The molecule has 0 aromatic heterocycles. The minimum atomic E-state index is -1.51. The molecule has 1 N–H and O–H groups in total. The van der Waals surface area contributed by atoms with Gasteiger partial charge in [0.1, 0.15) is 11.5 Å². The lowest BCUT2D eigenvalue weighted by Crippen LogP contribution is -2.25. The first-order chi connectivity index (χ1) is 10.9. The Morgan fingerprint density at radius 3 is 2.00 bits per heavy atom. The summed E-state index contributed by atoms with van der Waals surface area (Å²) in [5.74, 6) is 1.55. The van der Waals surface area contributed by atoms with Crippen molar-refractivity contribution in [1.29, 1.82) is 0 Å². The molecule has 0 heterocycles. The Morgan fingerprint density at radius 2 is 1.52 bits per heavy atom. The predicted octanol–water partition coefficient (Wildman–Crippen LogP) is 5.62. The van der Waals surface area contributed by atoms with Crippen LogP contribution >= 0.6 is 34.8 Å². The molecule has 0 bridgehead atoms. The molecule has 6 heteroatoms. The molecule has 1 unspecified atom stereocenters. The Bertz CT molecular complexity index is 609. The van der Waals surface area contributed by atoms with Crippen LogP contribution in [0.2, 0.25) is 0 Å². The van der Waals surface area contributed by atoms with Crippen molar-refractivity contribution in [3.05, 3.63) is 54.1 Å². The first-order valence-electron chi connectivity index (χ1n) is 7.14. The van der Waals surface area contributed by atoms with Crippen LogP contribution in [0.25, 0.3) is 0 Å². The predicted molar refractivity (Wildman–Crippen MR) is 97.3 cm³/mol. The van der Waals surface area contributed by atoms with E-state index in [0.717, 1.165) is 22.7 Å². The summed E-state index contributed by atoms with van der Waals surface area (Å²) in [7, 11) is 1.61. The second kappa shape index (κ2) is 8.00. The number of nitrogens with one attached hydrogen (secondary N) is 1. The molecular weight excluding hydrogens is 357 g/mol. The minimum absolute atomic E-state index is 0.503. The normalized spacial score (nSPS) is 12.6. The van der Waals surface area contributed by atoms with E-state index in [9.17, 15) is 0 Å². The zero-order valence-electron chi connectivity index (χ0n) is 12.9. The van der Waals surface area contributed by atoms with Crippen molar-refractivity contribution >= 4 is 40.5 Å². The molecule has 2 aromatic carbocycles. The third kappa shape index (κ3) is 5.10. The smallest absolute Gasteiger partial charge is 0.214 e.